The van der Waals surface area contributed by atoms with Crippen molar-refractivity contribution in [2.24, 2.45) is 0 Å². The summed E-state index contributed by atoms with van der Waals surface area (Å²) in [4.78, 5) is 23.8. The maximum atomic E-state index is 11.7. The monoisotopic (exact) mass is 250 g/mol. The van der Waals surface area contributed by atoms with Crippen molar-refractivity contribution in [2.75, 3.05) is 7.05 Å². The van der Waals surface area contributed by atoms with E-state index >= 15 is 0 Å². The highest BCUT2D eigenvalue weighted by molar-refractivity contribution is 5.82. The molecule has 0 radical (unpaired) electrons. The molecule has 1 unspecified atom stereocenters. The minimum atomic E-state index is -1.16. The molecule has 0 aliphatic heterocycles. The van der Waals surface area contributed by atoms with Crippen LogP contribution in [0.2, 0.25) is 0 Å². The minimum absolute atomic E-state index is 0.0599. The van der Waals surface area contributed by atoms with Crippen molar-refractivity contribution in [3.8, 4) is 12.3 Å². The van der Waals surface area contributed by atoms with Crippen molar-refractivity contribution in [3.05, 3.63) is 24.2 Å². The number of rotatable bonds is 5. The third-order valence-corrected chi connectivity index (χ3v) is 2.24. The molecule has 0 bridgehead atoms. The number of hydrogen-bond donors (Lipinski definition) is 2. The first-order valence-electron chi connectivity index (χ1n) is 5.25. The Bertz CT molecular complexity index is 447. The Morgan fingerprint density at radius 3 is 2.89 bits per heavy atom. The number of carbonyl (C=O) groups excluding carboxylic acids is 1. The average molecular weight is 250 g/mol. The van der Waals surface area contributed by atoms with Gasteiger partial charge in [0.25, 0.3) is 0 Å². The van der Waals surface area contributed by atoms with Gasteiger partial charge in [0.15, 0.2) is 0 Å². The van der Waals surface area contributed by atoms with E-state index in [1.54, 1.807) is 12.1 Å². The summed E-state index contributed by atoms with van der Waals surface area (Å²) in [5, 5.41) is 11.2. The van der Waals surface area contributed by atoms with Crippen LogP contribution in [0.5, 0.6) is 0 Å². The molecule has 18 heavy (non-hydrogen) atoms. The van der Waals surface area contributed by atoms with Crippen LogP contribution in [0.25, 0.3) is 0 Å². The van der Waals surface area contributed by atoms with Crippen LogP contribution in [0, 0.1) is 12.3 Å². The van der Waals surface area contributed by atoms with Crippen molar-refractivity contribution in [1.29, 1.82) is 0 Å². The van der Waals surface area contributed by atoms with Gasteiger partial charge in [-0.25, -0.2) is 9.59 Å². The van der Waals surface area contributed by atoms with Crippen LogP contribution >= 0.6 is 0 Å². The van der Waals surface area contributed by atoms with Crippen molar-refractivity contribution in [2.45, 2.75) is 19.0 Å². The number of urea groups is 1. The number of nitrogens with zero attached hydrogens (tertiary/aromatic N) is 1. The Hall–Kier alpha value is -2.42. The van der Waals surface area contributed by atoms with Gasteiger partial charge in [0.1, 0.15) is 11.8 Å². The van der Waals surface area contributed by atoms with Crippen LogP contribution in [0.15, 0.2) is 22.8 Å². The molecule has 0 saturated heterocycles. The van der Waals surface area contributed by atoms with Gasteiger partial charge >= 0.3 is 12.0 Å². The van der Waals surface area contributed by atoms with Gasteiger partial charge < -0.3 is 19.7 Å². The molecule has 6 nitrogen and oxygen atoms in total. The van der Waals surface area contributed by atoms with Crippen molar-refractivity contribution in [3.63, 3.8) is 0 Å². The molecule has 0 aliphatic rings. The van der Waals surface area contributed by atoms with Crippen LogP contribution in [0.3, 0.4) is 0 Å². The number of amides is 2. The van der Waals surface area contributed by atoms with E-state index in [1.165, 1.54) is 18.2 Å². The lowest BCUT2D eigenvalue weighted by Crippen LogP contribution is -2.46. The zero-order chi connectivity index (χ0) is 13.5. The second-order valence-corrected chi connectivity index (χ2v) is 3.68. The van der Waals surface area contributed by atoms with Gasteiger partial charge in [-0.15, -0.1) is 12.3 Å². The summed E-state index contributed by atoms with van der Waals surface area (Å²) < 4.78 is 5.08. The summed E-state index contributed by atoms with van der Waals surface area (Å²) in [5.41, 5.74) is 0. The fourth-order valence-electron chi connectivity index (χ4n) is 1.29. The first-order chi connectivity index (χ1) is 8.54. The topological polar surface area (TPSA) is 82.8 Å². The molecule has 1 rings (SSSR count). The summed E-state index contributed by atoms with van der Waals surface area (Å²) in [6, 6.07) is 1.83. The quantitative estimate of drug-likeness (QED) is 0.760. The van der Waals surface area contributed by atoms with E-state index in [9.17, 15) is 9.59 Å². The van der Waals surface area contributed by atoms with E-state index in [-0.39, 0.29) is 13.0 Å². The predicted octanol–water partition coefficient (Wildman–Crippen LogP) is 0.897. The number of carboxylic acid groups (broad SMARTS) is 1. The van der Waals surface area contributed by atoms with E-state index in [0.29, 0.717) is 5.76 Å². The standard InChI is InChI=1S/C12H14N2O4/c1-3-5-10(11(15)16)13-12(17)14(2)8-9-6-4-7-18-9/h1,4,6-7,10H,5,8H2,2H3,(H,13,17)(H,15,16). The first-order valence-corrected chi connectivity index (χ1v) is 5.25. The van der Waals surface area contributed by atoms with Crippen molar-refractivity contribution < 1.29 is 19.1 Å². The average Bonchev–Trinajstić information content (AvgIpc) is 2.80. The minimum Gasteiger partial charge on any atom is -0.480 e. The van der Waals surface area contributed by atoms with Gasteiger partial charge in [-0.05, 0) is 12.1 Å². The fourth-order valence-corrected chi connectivity index (χ4v) is 1.29. The summed E-state index contributed by atoms with van der Waals surface area (Å²) in [7, 11) is 1.53. The SMILES string of the molecule is C#CCC(NC(=O)N(C)Cc1ccco1)C(=O)O. The molecule has 0 aliphatic carbocycles. The van der Waals surface area contributed by atoms with Crippen molar-refractivity contribution in [1.82, 2.24) is 10.2 Å². The zero-order valence-corrected chi connectivity index (χ0v) is 9.92. The Labute approximate surface area is 105 Å². The van der Waals surface area contributed by atoms with Gasteiger partial charge in [0.05, 0.1) is 12.8 Å². The highest BCUT2D eigenvalue weighted by Gasteiger charge is 2.21. The Morgan fingerprint density at radius 1 is 1.67 bits per heavy atom. The Morgan fingerprint density at radius 2 is 2.39 bits per heavy atom. The zero-order valence-electron chi connectivity index (χ0n) is 9.92. The van der Waals surface area contributed by atoms with E-state index in [1.807, 2.05) is 0 Å². The van der Waals surface area contributed by atoms with E-state index < -0.39 is 18.0 Å². The maximum Gasteiger partial charge on any atom is 0.327 e. The normalized spacial score (nSPS) is 11.3. The molecule has 0 fully saturated rings. The smallest absolute Gasteiger partial charge is 0.327 e. The molecule has 1 atom stereocenters. The van der Waals surface area contributed by atoms with E-state index in [2.05, 4.69) is 11.2 Å². The second kappa shape index (κ2) is 6.35. The summed E-state index contributed by atoms with van der Waals surface area (Å²) in [6.45, 7) is 0.251. The number of aliphatic carboxylic acids is 1. The Balaban J connectivity index is 2.53. The maximum absolute atomic E-state index is 11.7. The molecule has 1 aromatic heterocycles. The fraction of sp³-hybridized carbons (Fsp3) is 0.333. The molecule has 0 aromatic carbocycles. The van der Waals surface area contributed by atoms with Crippen molar-refractivity contribution >= 4 is 12.0 Å². The third kappa shape index (κ3) is 3.87. The molecule has 2 amide bonds. The van der Waals surface area contributed by atoms with Crippen LogP contribution in [0.1, 0.15) is 12.2 Å². The summed E-state index contributed by atoms with van der Waals surface area (Å²) >= 11 is 0. The highest BCUT2D eigenvalue weighted by Crippen LogP contribution is 2.04. The number of hydrogen-bond acceptors (Lipinski definition) is 3. The van der Waals surface area contributed by atoms with Gasteiger partial charge in [-0.1, -0.05) is 0 Å². The number of carbonyl (C=O) groups is 2. The molecule has 0 spiro atoms. The number of furan rings is 1. The number of terminal acetylenes is 1. The molecule has 96 valence electrons. The molecule has 0 saturated carbocycles. The van der Waals surface area contributed by atoms with Gasteiger partial charge in [0.2, 0.25) is 0 Å². The molecular weight excluding hydrogens is 236 g/mol. The predicted molar refractivity (Wildman–Crippen MR) is 63.6 cm³/mol. The number of nitrogens with one attached hydrogen (secondary N) is 1. The lowest BCUT2D eigenvalue weighted by atomic mass is 10.2. The highest BCUT2D eigenvalue weighted by atomic mass is 16.4. The van der Waals surface area contributed by atoms with Crippen LogP contribution in [-0.4, -0.2) is 35.1 Å². The Kier molecular flexibility index (Phi) is 4.81. The third-order valence-electron chi connectivity index (χ3n) is 2.24. The lowest BCUT2D eigenvalue weighted by Gasteiger charge is -2.19. The molecule has 2 N–H and O–H groups in total. The molecule has 1 heterocycles. The second-order valence-electron chi connectivity index (χ2n) is 3.68. The van der Waals surface area contributed by atoms with E-state index in [4.69, 9.17) is 15.9 Å². The van der Waals surface area contributed by atoms with Crippen LogP contribution in [0.4, 0.5) is 4.79 Å². The molecular formula is C12H14N2O4. The van der Waals surface area contributed by atoms with E-state index in [0.717, 1.165) is 0 Å². The first kappa shape index (κ1) is 13.6. The van der Waals surface area contributed by atoms with Gasteiger partial charge in [-0.3, -0.25) is 0 Å². The summed E-state index contributed by atoms with van der Waals surface area (Å²) in [5.74, 6) is 1.65. The van der Waals surface area contributed by atoms with Crippen LogP contribution in [-0.2, 0) is 11.3 Å². The van der Waals surface area contributed by atoms with Gasteiger partial charge in [-0.2, -0.15) is 0 Å². The lowest BCUT2D eigenvalue weighted by molar-refractivity contribution is -0.139. The molecule has 1 aromatic rings. The van der Waals surface area contributed by atoms with Crippen LogP contribution < -0.4 is 5.32 Å². The molecule has 6 heteroatoms. The number of carboxylic acids is 1. The largest absolute Gasteiger partial charge is 0.480 e. The summed E-state index contributed by atoms with van der Waals surface area (Å²) in [6.07, 6.45) is 6.48. The van der Waals surface area contributed by atoms with Gasteiger partial charge in [0, 0.05) is 13.5 Å².